The molecule has 0 aliphatic rings. The van der Waals surface area contributed by atoms with Crippen molar-refractivity contribution in [3.63, 3.8) is 0 Å². The van der Waals surface area contributed by atoms with Crippen molar-refractivity contribution in [2.24, 2.45) is 0 Å². The first-order chi connectivity index (χ1) is 6.56. The van der Waals surface area contributed by atoms with Gasteiger partial charge in [0.2, 0.25) is 0 Å². The summed E-state index contributed by atoms with van der Waals surface area (Å²) in [6.07, 6.45) is -0.138. The number of nitriles is 1. The van der Waals surface area contributed by atoms with Gasteiger partial charge in [-0.1, -0.05) is 6.07 Å². The Morgan fingerprint density at radius 1 is 1.57 bits per heavy atom. The number of carboxylic acid groups (broad SMARTS) is 1. The van der Waals surface area contributed by atoms with Crippen molar-refractivity contribution in [1.82, 2.24) is 0 Å². The van der Waals surface area contributed by atoms with Gasteiger partial charge in [0.05, 0.1) is 12.0 Å². The highest BCUT2D eigenvalue weighted by Gasteiger charge is 2.10. The second kappa shape index (κ2) is 3.79. The molecule has 0 heterocycles. The van der Waals surface area contributed by atoms with Crippen molar-refractivity contribution in [3.05, 3.63) is 28.8 Å². The first-order valence-electron chi connectivity index (χ1n) is 3.99. The van der Waals surface area contributed by atoms with E-state index in [0.29, 0.717) is 11.1 Å². The summed E-state index contributed by atoms with van der Waals surface area (Å²) in [5.74, 6) is -1.07. The van der Waals surface area contributed by atoms with Gasteiger partial charge in [-0.05, 0) is 24.1 Å². The van der Waals surface area contributed by atoms with Crippen molar-refractivity contribution in [1.29, 1.82) is 5.26 Å². The molecule has 14 heavy (non-hydrogen) atoms. The molecule has 1 aromatic carbocycles. The summed E-state index contributed by atoms with van der Waals surface area (Å²) < 4.78 is 0. The molecule has 4 heteroatoms. The highest BCUT2D eigenvalue weighted by Crippen LogP contribution is 2.23. The molecule has 0 spiro atoms. The van der Waals surface area contributed by atoms with E-state index in [1.165, 1.54) is 12.1 Å². The summed E-state index contributed by atoms with van der Waals surface area (Å²) in [5, 5.41) is 26.6. The highest BCUT2D eigenvalue weighted by molar-refractivity contribution is 5.71. The average Bonchev–Trinajstić information content (AvgIpc) is 2.10. The van der Waals surface area contributed by atoms with E-state index in [1.807, 2.05) is 6.07 Å². The van der Waals surface area contributed by atoms with Crippen LogP contribution in [-0.4, -0.2) is 16.2 Å². The third-order valence-corrected chi connectivity index (χ3v) is 2.01. The normalized spacial score (nSPS) is 9.43. The van der Waals surface area contributed by atoms with Crippen LogP contribution >= 0.6 is 0 Å². The summed E-state index contributed by atoms with van der Waals surface area (Å²) in [6.45, 7) is 1.62. The minimum atomic E-state index is -0.956. The number of carboxylic acids is 1. The minimum absolute atomic E-state index is 0.112. The summed E-state index contributed by atoms with van der Waals surface area (Å²) in [7, 11) is 0. The molecule has 0 fully saturated rings. The van der Waals surface area contributed by atoms with Crippen LogP contribution in [0.3, 0.4) is 0 Å². The van der Waals surface area contributed by atoms with Crippen LogP contribution in [0.5, 0.6) is 5.75 Å². The fourth-order valence-electron chi connectivity index (χ4n) is 1.24. The number of phenolic OH excluding ortho intramolecular Hbond substituents is 1. The predicted octanol–water partition coefficient (Wildman–Crippen LogP) is 1.20. The number of aliphatic carboxylic acids is 1. The summed E-state index contributed by atoms with van der Waals surface area (Å²) >= 11 is 0. The third-order valence-electron chi connectivity index (χ3n) is 2.01. The molecule has 0 atom stereocenters. The van der Waals surface area contributed by atoms with Crippen LogP contribution in [-0.2, 0) is 11.2 Å². The monoisotopic (exact) mass is 191 g/mol. The van der Waals surface area contributed by atoms with E-state index in [9.17, 15) is 9.90 Å². The topological polar surface area (TPSA) is 81.3 Å². The Labute approximate surface area is 81.0 Å². The molecule has 0 bridgehead atoms. The van der Waals surface area contributed by atoms with Crippen LogP contribution in [0.25, 0.3) is 0 Å². The lowest BCUT2D eigenvalue weighted by atomic mass is 10.00. The number of nitrogens with zero attached hydrogens (tertiary/aromatic N) is 1. The van der Waals surface area contributed by atoms with Crippen molar-refractivity contribution in [3.8, 4) is 11.8 Å². The molecule has 0 aliphatic heterocycles. The fourth-order valence-corrected chi connectivity index (χ4v) is 1.24. The zero-order chi connectivity index (χ0) is 10.7. The van der Waals surface area contributed by atoms with Gasteiger partial charge in [-0.3, -0.25) is 4.79 Å². The van der Waals surface area contributed by atoms with E-state index in [0.717, 1.165) is 0 Å². The zero-order valence-electron chi connectivity index (χ0n) is 7.61. The van der Waals surface area contributed by atoms with E-state index in [4.69, 9.17) is 10.4 Å². The van der Waals surface area contributed by atoms with Crippen LogP contribution in [0.2, 0.25) is 0 Å². The smallest absolute Gasteiger partial charge is 0.307 e. The molecule has 0 radical (unpaired) electrons. The zero-order valence-corrected chi connectivity index (χ0v) is 7.61. The van der Waals surface area contributed by atoms with E-state index >= 15 is 0 Å². The van der Waals surface area contributed by atoms with Crippen LogP contribution in [0.1, 0.15) is 16.7 Å². The Bertz CT molecular complexity index is 418. The summed E-state index contributed by atoms with van der Waals surface area (Å²) in [4.78, 5) is 10.5. The molecule has 1 rings (SSSR count). The van der Waals surface area contributed by atoms with Gasteiger partial charge in [0.15, 0.2) is 0 Å². The van der Waals surface area contributed by atoms with Gasteiger partial charge in [0.25, 0.3) is 0 Å². The van der Waals surface area contributed by atoms with Gasteiger partial charge >= 0.3 is 5.97 Å². The maximum Gasteiger partial charge on any atom is 0.307 e. The Morgan fingerprint density at radius 2 is 2.21 bits per heavy atom. The van der Waals surface area contributed by atoms with E-state index in [-0.39, 0.29) is 17.7 Å². The molecule has 4 nitrogen and oxygen atoms in total. The first kappa shape index (κ1) is 10.1. The molecule has 2 N–H and O–H groups in total. The molecule has 0 aromatic heterocycles. The Balaban J connectivity index is 3.23. The second-order valence-electron chi connectivity index (χ2n) is 2.93. The van der Waals surface area contributed by atoms with Crippen molar-refractivity contribution in [2.45, 2.75) is 13.3 Å². The number of hydrogen-bond donors (Lipinski definition) is 2. The lowest BCUT2D eigenvalue weighted by Crippen LogP contribution is -2.03. The molecule has 1 aromatic rings. The predicted molar refractivity (Wildman–Crippen MR) is 48.9 cm³/mol. The largest absolute Gasteiger partial charge is 0.507 e. The van der Waals surface area contributed by atoms with Gasteiger partial charge < -0.3 is 10.2 Å². The molecule has 0 unspecified atom stereocenters. The summed E-state index contributed by atoms with van der Waals surface area (Å²) in [5.41, 5.74) is 1.21. The lowest BCUT2D eigenvalue weighted by molar-refractivity contribution is -0.136. The first-order valence-corrected chi connectivity index (χ1v) is 3.99. The van der Waals surface area contributed by atoms with Gasteiger partial charge in [0, 0.05) is 0 Å². The molecule has 0 amide bonds. The molecule has 0 saturated carbocycles. The highest BCUT2D eigenvalue weighted by atomic mass is 16.4. The number of benzene rings is 1. The van der Waals surface area contributed by atoms with Crippen molar-refractivity contribution >= 4 is 5.97 Å². The standard InChI is InChI=1S/C10H9NO3/c1-6-7(4-10(13)14)2-3-9(12)8(6)5-11/h2-3,12H,4H2,1H3,(H,13,14). The molecule has 72 valence electrons. The van der Waals surface area contributed by atoms with Crippen LogP contribution < -0.4 is 0 Å². The molecular formula is C10H9NO3. The number of carbonyl (C=O) groups is 1. The van der Waals surface area contributed by atoms with E-state index < -0.39 is 5.97 Å². The van der Waals surface area contributed by atoms with Crippen molar-refractivity contribution in [2.75, 3.05) is 0 Å². The number of phenols is 1. The number of hydrogen-bond acceptors (Lipinski definition) is 3. The Kier molecular flexibility index (Phi) is 2.73. The van der Waals surface area contributed by atoms with Gasteiger partial charge in [-0.15, -0.1) is 0 Å². The van der Waals surface area contributed by atoms with E-state index in [1.54, 1.807) is 6.92 Å². The van der Waals surface area contributed by atoms with Gasteiger partial charge in [-0.2, -0.15) is 5.26 Å². The van der Waals surface area contributed by atoms with Crippen molar-refractivity contribution < 1.29 is 15.0 Å². The van der Waals surface area contributed by atoms with Gasteiger partial charge in [-0.25, -0.2) is 0 Å². The van der Waals surface area contributed by atoms with Gasteiger partial charge in [0.1, 0.15) is 11.8 Å². The maximum absolute atomic E-state index is 10.5. The summed E-state index contributed by atoms with van der Waals surface area (Å²) in [6, 6.07) is 4.68. The Morgan fingerprint density at radius 3 is 2.71 bits per heavy atom. The molecule has 0 aliphatic carbocycles. The van der Waals surface area contributed by atoms with E-state index in [2.05, 4.69) is 0 Å². The molecular weight excluding hydrogens is 182 g/mol. The number of rotatable bonds is 2. The molecule has 0 saturated heterocycles. The third kappa shape index (κ3) is 1.83. The average molecular weight is 191 g/mol. The minimum Gasteiger partial charge on any atom is -0.507 e. The van der Waals surface area contributed by atoms with Crippen LogP contribution in [0.15, 0.2) is 12.1 Å². The number of aromatic hydroxyl groups is 1. The Hall–Kier alpha value is -2.02. The SMILES string of the molecule is Cc1c(CC(=O)O)ccc(O)c1C#N. The van der Waals surface area contributed by atoms with Crippen LogP contribution in [0.4, 0.5) is 0 Å². The quantitative estimate of drug-likeness (QED) is 0.735. The second-order valence-corrected chi connectivity index (χ2v) is 2.93. The lowest BCUT2D eigenvalue weighted by Gasteiger charge is -2.05. The van der Waals surface area contributed by atoms with Crippen LogP contribution in [0, 0.1) is 18.3 Å². The maximum atomic E-state index is 10.5. The fraction of sp³-hybridized carbons (Fsp3) is 0.200.